The number of aromatic nitrogens is 1. The van der Waals surface area contributed by atoms with E-state index in [0.717, 1.165) is 12.1 Å². The third-order valence-corrected chi connectivity index (χ3v) is 3.30. The molecule has 1 heterocycles. The van der Waals surface area contributed by atoms with Gasteiger partial charge >= 0.3 is 6.03 Å². The van der Waals surface area contributed by atoms with Gasteiger partial charge in [0.05, 0.1) is 11.8 Å². The van der Waals surface area contributed by atoms with E-state index < -0.39 is 0 Å². The number of carbonyl (C=O) groups is 1. The number of aliphatic hydroxyl groups excluding tert-OH is 1. The van der Waals surface area contributed by atoms with Crippen molar-refractivity contribution in [3.8, 4) is 0 Å². The fraction of sp³-hybridized carbons (Fsp3) is 0.667. The van der Waals surface area contributed by atoms with Crippen LogP contribution in [0.1, 0.15) is 32.9 Å². The van der Waals surface area contributed by atoms with Gasteiger partial charge < -0.3 is 10.4 Å². The fourth-order valence-electron chi connectivity index (χ4n) is 1.60. The van der Waals surface area contributed by atoms with Crippen molar-refractivity contribution < 1.29 is 9.90 Å². The molecule has 2 amide bonds. The van der Waals surface area contributed by atoms with E-state index in [2.05, 4.69) is 15.6 Å². The second kappa shape index (κ2) is 7.33. The molecule has 1 aromatic rings. The highest BCUT2D eigenvalue weighted by atomic mass is 32.1. The van der Waals surface area contributed by atoms with Crippen molar-refractivity contribution in [2.24, 2.45) is 5.92 Å². The zero-order valence-electron chi connectivity index (χ0n) is 11.1. The molecular weight excluding hydrogens is 250 g/mol. The van der Waals surface area contributed by atoms with Crippen LogP contribution < -0.4 is 10.6 Å². The van der Waals surface area contributed by atoms with E-state index in [0.29, 0.717) is 18.1 Å². The molecule has 5 nitrogen and oxygen atoms in total. The van der Waals surface area contributed by atoms with Crippen LogP contribution in [-0.2, 0) is 6.42 Å². The Kier molecular flexibility index (Phi) is 6.07. The van der Waals surface area contributed by atoms with Crippen LogP contribution in [0.15, 0.2) is 5.38 Å². The number of rotatable bonds is 6. The molecule has 0 radical (unpaired) electrons. The van der Waals surface area contributed by atoms with Gasteiger partial charge in [0.1, 0.15) is 0 Å². The van der Waals surface area contributed by atoms with Crippen molar-refractivity contribution in [3.63, 3.8) is 0 Å². The highest BCUT2D eigenvalue weighted by Crippen LogP contribution is 2.15. The zero-order chi connectivity index (χ0) is 13.5. The van der Waals surface area contributed by atoms with Crippen LogP contribution in [0.4, 0.5) is 9.93 Å². The highest BCUT2D eigenvalue weighted by Gasteiger charge is 2.09. The van der Waals surface area contributed by atoms with E-state index in [1.165, 1.54) is 11.3 Å². The van der Waals surface area contributed by atoms with Crippen molar-refractivity contribution in [1.29, 1.82) is 0 Å². The van der Waals surface area contributed by atoms with E-state index >= 15 is 0 Å². The molecule has 6 heteroatoms. The van der Waals surface area contributed by atoms with Crippen molar-refractivity contribution in [3.05, 3.63) is 11.1 Å². The van der Waals surface area contributed by atoms with Crippen LogP contribution >= 0.6 is 11.3 Å². The predicted octanol–water partition coefficient (Wildman–Crippen LogP) is 2.23. The third-order valence-electron chi connectivity index (χ3n) is 2.49. The average molecular weight is 271 g/mol. The lowest BCUT2D eigenvalue weighted by Gasteiger charge is -2.14. The summed E-state index contributed by atoms with van der Waals surface area (Å²) < 4.78 is 0. The summed E-state index contributed by atoms with van der Waals surface area (Å²) in [6.45, 7) is 6.31. The number of aryl methyl sites for hydroxylation is 1. The minimum Gasteiger partial charge on any atom is -0.393 e. The molecule has 0 aliphatic heterocycles. The quantitative estimate of drug-likeness (QED) is 0.743. The van der Waals surface area contributed by atoms with E-state index in [9.17, 15) is 9.90 Å². The van der Waals surface area contributed by atoms with Gasteiger partial charge in [0.25, 0.3) is 0 Å². The number of aliphatic hydroxyl groups is 1. The molecule has 0 spiro atoms. The maximum absolute atomic E-state index is 11.6. The normalized spacial score (nSPS) is 14.0. The number of urea groups is 1. The smallest absolute Gasteiger partial charge is 0.321 e. The largest absolute Gasteiger partial charge is 0.393 e. The van der Waals surface area contributed by atoms with Gasteiger partial charge in [-0.1, -0.05) is 13.8 Å². The van der Waals surface area contributed by atoms with Gasteiger partial charge in [0.2, 0.25) is 0 Å². The lowest BCUT2D eigenvalue weighted by molar-refractivity contribution is 0.163. The number of carbonyl (C=O) groups excluding carboxylic acids is 1. The van der Waals surface area contributed by atoms with Crippen molar-refractivity contribution >= 4 is 22.5 Å². The number of nitrogens with zero attached hydrogens (tertiary/aromatic N) is 1. The van der Waals surface area contributed by atoms with Crippen LogP contribution in [0.25, 0.3) is 0 Å². The molecule has 1 rings (SSSR count). The standard InChI is InChI=1S/C12H21N3O2S/c1-4-10-7-18-12(14-10)15-11(17)13-6-8(2)5-9(3)16/h7-9,16H,4-6H2,1-3H3,(H2,13,14,15,17). The van der Waals surface area contributed by atoms with Crippen LogP contribution in [-0.4, -0.2) is 28.8 Å². The Bertz CT molecular complexity index is 379. The zero-order valence-corrected chi connectivity index (χ0v) is 11.9. The maximum atomic E-state index is 11.6. The van der Waals surface area contributed by atoms with Crippen LogP contribution in [0.2, 0.25) is 0 Å². The second-order valence-corrected chi connectivity index (χ2v) is 5.38. The molecule has 0 aliphatic carbocycles. The van der Waals surface area contributed by atoms with Gasteiger partial charge in [0, 0.05) is 11.9 Å². The first kappa shape index (κ1) is 14.9. The van der Waals surface area contributed by atoms with E-state index in [-0.39, 0.29) is 18.1 Å². The number of nitrogens with one attached hydrogen (secondary N) is 2. The maximum Gasteiger partial charge on any atom is 0.321 e. The second-order valence-electron chi connectivity index (χ2n) is 4.52. The molecule has 18 heavy (non-hydrogen) atoms. The molecule has 1 aromatic heterocycles. The van der Waals surface area contributed by atoms with Crippen LogP contribution in [0.3, 0.4) is 0 Å². The van der Waals surface area contributed by atoms with Crippen LogP contribution in [0.5, 0.6) is 0 Å². The molecule has 0 aliphatic rings. The summed E-state index contributed by atoms with van der Waals surface area (Å²) in [5.74, 6) is 0.248. The Hall–Kier alpha value is -1.14. The van der Waals surface area contributed by atoms with E-state index in [1.54, 1.807) is 6.92 Å². The molecule has 0 bridgehead atoms. The minimum absolute atomic E-state index is 0.246. The average Bonchev–Trinajstić information content (AvgIpc) is 2.73. The Labute approximate surface area is 112 Å². The van der Waals surface area contributed by atoms with Gasteiger partial charge in [-0.25, -0.2) is 9.78 Å². The molecule has 0 saturated carbocycles. The minimum atomic E-state index is -0.337. The fourth-order valence-corrected chi connectivity index (χ4v) is 2.39. The molecule has 0 saturated heterocycles. The first-order chi connectivity index (χ1) is 8.51. The van der Waals surface area contributed by atoms with E-state index in [1.807, 2.05) is 19.2 Å². The summed E-state index contributed by atoms with van der Waals surface area (Å²) in [7, 11) is 0. The highest BCUT2D eigenvalue weighted by molar-refractivity contribution is 7.13. The number of anilines is 1. The summed E-state index contributed by atoms with van der Waals surface area (Å²) >= 11 is 1.42. The van der Waals surface area contributed by atoms with Crippen LogP contribution in [0, 0.1) is 5.92 Å². The summed E-state index contributed by atoms with van der Waals surface area (Å²) in [4.78, 5) is 15.8. The summed E-state index contributed by atoms with van der Waals surface area (Å²) in [6, 6.07) is -0.246. The van der Waals surface area contributed by atoms with Crippen molar-refractivity contribution in [1.82, 2.24) is 10.3 Å². The molecule has 3 N–H and O–H groups in total. The number of amides is 2. The van der Waals surface area contributed by atoms with Gasteiger partial charge in [0.15, 0.2) is 5.13 Å². The molecule has 0 fully saturated rings. The Balaban J connectivity index is 2.29. The van der Waals surface area contributed by atoms with Crippen molar-refractivity contribution in [2.75, 3.05) is 11.9 Å². The van der Waals surface area contributed by atoms with Gasteiger partial charge in [-0.05, 0) is 25.7 Å². The summed E-state index contributed by atoms with van der Waals surface area (Å²) in [5.41, 5.74) is 0.984. The van der Waals surface area contributed by atoms with E-state index in [4.69, 9.17) is 0 Å². The lowest BCUT2D eigenvalue weighted by Crippen LogP contribution is -2.33. The van der Waals surface area contributed by atoms with Gasteiger partial charge in [-0.15, -0.1) is 11.3 Å². The van der Waals surface area contributed by atoms with Gasteiger partial charge in [-0.2, -0.15) is 0 Å². The number of hydrogen-bond donors (Lipinski definition) is 3. The third kappa shape index (κ3) is 5.46. The molecule has 2 atom stereocenters. The summed E-state index contributed by atoms with van der Waals surface area (Å²) in [5, 5.41) is 17.2. The molecule has 102 valence electrons. The Morgan fingerprint density at radius 3 is 2.83 bits per heavy atom. The Morgan fingerprint density at radius 2 is 2.28 bits per heavy atom. The molecule has 0 aromatic carbocycles. The number of thiazole rings is 1. The SMILES string of the molecule is CCc1csc(NC(=O)NCC(C)CC(C)O)n1. The van der Waals surface area contributed by atoms with Crippen molar-refractivity contribution in [2.45, 2.75) is 39.7 Å². The number of hydrogen-bond acceptors (Lipinski definition) is 4. The topological polar surface area (TPSA) is 74.2 Å². The monoisotopic (exact) mass is 271 g/mol. The molecular formula is C12H21N3O2S. The Morgan fingerprint density at radius 1 is 1.56 bits per heavy atom. The summed E-state index contributed by atoms with van der Waals surface area (Å²) in [6.07, 6.45) is 1.21. The predicted molar refractivity (Wildman–Crippen MR) is 74.0 cm³/mol. The lowest BCUT2D eigenvalue weighted by atomic mass is 10.1. The van der Waals surface area contributed by atoms with Gasteiger partial charge in [-0.3, -0.25) is 5.32 Å². The molecule has 2 unspecified atom stereocenters. The first-order valence-corrected chi connectivity index (χ1v) is 7.06. The first-order valence-electron chi connectivity index (χ1n) is 6.18.